The van der Waals surface area contributed by atoms with Gasteiger partial charge < -0.3 is 10.6 Å². The molecule has 29 heavy (non-hydrogen) atoms. The molecule has 0 spiro atoms. The summed E-state index contributed by atoms with van der Waals surface area (Å²) in [7, 11) is 0. The Kier molecular flexibility index (Phi) is 5.02. The van der Waals surface area contributed by atoms with Crippen LogP contribution in [0.3, 0.4) is 0 Å². The minimum Gasteiger partial charge on any atom is -0.321 e. The van der Waals surface area contributed by atoms with E-state index in [0.29, 0.717) is 23.7 Å². The number of hydrogen-bond donors (Lipinski definition) is 1. The lowest BCUT2D eigenvalue weighted by atomic mass is 9.70. The normalized spacial score (nSPS) is 27.2. The summed E-state index contributed by atoms with van der Waals surface area (Å²) < 4.78 is 0. The zero-order valence-electron chi connectivity index (χ0n) is 16.6. The van der Waals surface area contributed by atoms with Crippen molar-refractivity contribution in [3.63, 3.8) is 0 Å². The molecule has 0 aromatic heterocycles. The van der Waals surface area contributed by atoms with E-state index in [-0.39, 0.29) is 11.6 Å². The Bertz CT molecular complexity index is 975. The Morgan fingerprint density at radius 2 is 1.79 bits per heavy atom. The molecule has 5 nitrogen and oxygen atoms in total. The van der Waals surface area contributed by atoms with Crippen molar-refractivity contribution in [3.8, 4) is 6.07 Å². The van der Waals surface area contributed by atoms with Crippen molar-refractivity contribution in [3.05, 3.63) is 64.7 Å². The number of urea groups is 1. The Hall–Kier alpha value is -2.55. The number of hydrogen-bond acceptors (Lipinski definition) is 3. The number of carbonyl (C=O) groups is 1. The first kappa shape index (κ1) is 19.8. The molecule has 2 amide bonds. The number of carbonyl (C=O) groups excluding carboxylic acids is 1. The van der Waals surface area contributed by atoms with Crippen molar-refractivity contribution >= 4 is 23.3 Å². The summed E-state index contributed by atoms with van der Waals surface area (Å²) in [5.41, 5.74) is 8.53. The molecule has 1 heterocycles. The predicted octanol–water partition coefficient (Wildman–Crippen LogP) is 4.64. The fraction of sp³-hybridized carbons (Fsp3) is 0.391. The van der Waals surface area contributed by atoms with Gasteiger partial charge in [-0.3, -0.25) is 4.90 Å². The molecule has 1 saturated heterocycles. The van der Waals surface area contributed by atoms with Gasteiger partial charge in [-0.25, -0.2) is 4.79 Å². The highest BCUT2D eigenvalue weighted by molar-refractivity contribution is 6.30. The Labute approximate surface area is 176 Å². The molecular weight excluding hydrogens is 384 g/mol. The lowest BCUT2D eigenvalue weighted by molar-refractivity contribution is 0.0848. The molecule has 1 aliphatic heterocycles. The molecule has 2 aliphatic rings. The molecular formula is C23H25ClN4O. The number of rotatable bonds is 3. The van der Waals surface area contributed by atoms with E-state index in [1.807, 2.05) is 41.3 Å². The standard InChI is InChI=1S/C23H25ClN4O/c1-22(8-10-23(26,11-9-22)18-5-3-6-19(24)15-18)28-13-12-27(21(28)29)20-7-2-4-17(14-20)16-25/h2-7,14-15H,8-13,26H2,1H3. The molecule has 6 heteroatoms. The zero-order valence-corrected chi connectivity index (χ0v) is 17.3. The molecule has 150 valence electrons. The van der Waals surface area contributed by atoms with E-state index in [2.05, 4.69) is 13.0 Å². The van der Waals surface area contributed by atoms with Crippen LogP contribution in [-0.2, 0) is 5.54 Å². The molecule has 4 rings (SSSR count). The SMILES string of the molecule is CC1(N2CCN(c3cccc(C#N)c3)C2=O)CCC(N)(c2cccc(Cl)c2)CC1. The Morgan fingerprint density at radius 1 is 1.07 bits per heavy atom. The number of nitriles is 1. The second kappa shape index (κ2) is 7.37. The summed E-state index contributed by atoms with van der Waals surface area (Å²) in [6.45, 7) is 3.48. The van der Waals surface area contributed by atoms with Crippen molar-refractivity contribution < 1.29 is 4.79 Å². The van der Waals surface area contributed by atoms with Crippen LogP contribution in [-0.4, -0.2) is 29.6 Å². The average Bonchev–Trinajstić information content (AvgIpc) is 3.13. The van der Waals surface area contributed by atoms with Gasteiger partial charge in [-0.2, -0.15) is 5.26 Å². The van der Waals surface area contributed by atoms with E-state index >= 15 is 0 Å². The highest BCUT2D eigenvalue weighted by Crippen LogP contribution is 2.44. The first-order valence-electron chi connectivity index (χ1n) is 9.99. The molecule has 1 aliphatic carbocycles. The van der Waals surface area contributed by atoms with Gasteiger partial charge in [0, 0.05) is 34.9 Å². The van der Waals surface area contributed by atoms with Gasteiger partial charge in [0.1, 0.15) is 0 Å². The second-order valence-corrected chi connectivity index (χ2v) is 8.85. The zero-order chi connectivity index (χ0) is 20.6. The molecule has 0 unspecified atom stereocenters. The van der Waals surface area contributed by atoms with Crippen LogP contribution >= 0.6 is 11.6 Å². The monoisotopic (exact) mass is 408 g/mol. The quantitative estimate of drug-likeness (QED) is 0.803. The van der Waals surface area contributed by atoms with Crippen molar-refractivity contribution in [1.29, 1.82) is 5.26 Å². The van der Waals surface area contributed by atoms with Gasteiger partial charge in [0.25, 0.3) is 0 Å². The summed E-state index contributed by atoms with van der Waals surface area (Å²) in [5.74, 6) is 0. The highest BCUT2D eigenvalue weighted by Gasteiger charge is 2.47. The van der Waals surface area contributed by atoms with E-state index in [1.54, 1.807) is 17.0 Å². The molecule has 2 N–H and O–H groups in total. The molecule has 0 radical (unpaired) electrons. The van der Waals surface area contributed by atoms with Crippen molar-refractivity contribution in [2.75, 3.05) is 18.0 Å². The molecule has 1 saturated carbocycles. The predicted molar refractivity (Wildman–Crippen MR) is 115 cm³/mol. The van der Waals surface area contributed by atoms with Crippen molar-refractivity contribution in [2.45, 2.75) is 43.7 Å². The van der Waals surface area contributed by atoms with E-state index in [0.717, 1.165) is 36.9 Å². The van der Waals surface area contributed by atoms with Crippen LogP contribution in [0.1, 0.15) is 43.7 Å². The fourth-order valence-corrected chi connectivity index (χ4v) is 4.80. The topological polar surface area (TPSA) is 73.4 Å². The van der Waals surface area contributed by atoms with Crippen LogP contribution in [0.2, 0.25) is 5.02 Å². The third kappa shape index (κ3) is 3.59. The van der Waals surface area contributed by atoms with Crippen LogP contribution in [0, 0.1) is 11.3 Å². The molecule has 2 aromatic carbocycles. The maximum atomic E-state index is 13.2. The number of anilines is 1. The average molecular weight is 409 g/mol. The first-order valence-corrected chi connectivity index (χ1v) is 10.4. The molecule has 0 atom stereocenters. The summed E-state index contributed by atoms with van der Waals surface area (Å²) in [6, 6.07) is 17.2. The van der Waals surface area contributed by atoms with Gasteiger partial charge in [-0.1, -0.05) is 29.8 Å². The van der Waals surface area contributed by atoms with Crippen LogP contribution in [0.15, 0.2) is 48.5 Å². The third-order valence-electron chi connectivity index (χ3n) is 6.57. The van der Waals surface area contributed by atoms with Crippen LogP contribution in [0.4, 0.5) is 10.5 Å². The number of nitrogens with two attached hydrogens (primary N) is 1. The van der Waals surface area contributed by atoms with Gasteiger partial charge in [-0.05, 0) is 68.5 Å². The van der Waals surface area contributed by atoms with Crippen molar-refractivity contribution in [1.82, 2.24) is 4.90 Å². The van der Waals surface area contributed by atoms with Gasteiger partial charge in [0.2, 0.25) is 0 Å². The van der Waals surface area contributed by atoms with E-state index in [9.17, 15) is 4.79 Å². The Balaban J connectivity index is 1.50. The number of benzene rings is 2. The van der Waals surface area contributed by atoms with Crippen molar-refractivity contribution in [2.24, 2.45) is 5.73 Å². The number of halogens is 1. The largest absolute Gasteiger partial charge is 0.325 e. The molecule has 2 aromatic rings. The summed E-state index contributed by atoms with van der Waals surface area (Å²) in [4.78, 5) is 17.0. The van der Waals surface area contributed by atoms with Gasteiger partial charge in [0.15, 0.2) is 0 Å². The molecule has 2 fully saturated rings. The number of amides is 2. The highest BCUT2D eigenvalue weighted by atomic mass is 35.5. The van der Waals surface area contributed by atoms with Gasteiger partial charge >= 0.3 is 6.03 Å². The maximum absolute atomic E-state index is 13.2. The minimum absolute atomic E-state index is 0.00914. The third-order valence-corrected chi connectivity index (χ3v) is 6.80. The first-order chi connectivity index (χ1) is 13.8. The molecule has 0 bridgehead atoms. The second-order valence-electron chi connectivity index (χ2n) is 8.41. The van der Waals surface area contributed by atoms with Crippen LogP contribution in [0.25, 0.3) is 0 Å². The minimum atomic E-state index is -0.409. The van der Waals surface area contributed by atoms with E-state index in [4.69, 9.17) is 22.6 Å². The lowest BCUT2D eigenvalue weighted by Gasteiger charge is -2.47. The summed E-state index contributed by atoms with van der Waals surface area (Å²) >= 11 is 6.17. The van der Waals surface area contributed by atoms with Crippen LogP contribution < -0.4 is 10.6 Å². The summed E-state index contributed by atoms with van der Waals surface area (Å²) in [5, 5.41) is 9.84. The van der Waals surface area contributed by atoms with Gasteiger partial charge in [-0.15, -0.1) is 0 Å². The van der Waals surface area contributed by atoms with E-state index < -0.39 is 5.54 Å². The maximum Gasteiger partial charge on any atom is 0.325 e. The smallest absolute Gasteiger partial charge is 0.321 e. The number of nitrogens with zero attached hydrogens (tertiary/aromatic N) is 3. The summed E-state index contributed by atoms with van der Waals surface area (Å²) in [6.07, 6.45) is 3.29. The van der Waals surface area contributed by atoms with E-state index in [1.165, 1.54) is 0 Å². The fourth-order valence-electron chi connectivity index (χ4n) is 4.61. The lowest BCUT2D eigenvalue weighted by Crippen LogP contribution is -2.54. The Morgan fingerprint density at radius 3 is 2.48 bits per heavy atom. The van der Waals surface area contributed by atoms with Gasteiger partial charge in [0.05, 0.1) is 11.6 Å². The van der Waals surface area contributed by atoms with Crippen LogP contribution in [0.5, 0.6) is 0 Å².